The molecule has 1 N–H and O–H groups in total. The summed E-state index contributed by atoms with van der Waals surface area (Å²) in [7, 11) is 0. The first-order valence-electron chi connectivity index (χ1n) is 13.0. The first kappa shape index (κ1) is 24.0. The molecule has 0 saturated carbocycles. The molecule has 0 aliphatic carbocycles. The summed E-state index contributed by atoms with van der Waals surface area (Å²) in [5.74, 6) is 2.11. The molecule has 1 aliphatic rings. The minimum Gasteiger partial charge on any atom is -0.491 e. The summed E-state index contributed by atoms with van der Waals surface area (Å²) in [6.07, 6.45) is 4.47. The van der Waals surface area contributed by atoms with Crippen LogP contribution in [-0.2, 0) is 6.42 Å². The summed E-state index contributed by atoms with van der Waals surface area (Å²) < 4.78 is 22.5. The van der Waals surface area contributed by atoms with Gasteiger partial charge in [-0.25, -0.2) is 19.3 Å². The molecule has 0 amide bonds. The van der Waals surface area contributed by atoms with Gasteiger partial charge in [0.2, 0.25) is 5.95 Å². The molecule has 0 fully saturated rings. The molecule has 0 bridgehead atoms. The van der Waals surface area contributed by atoms with Gasteiger partial charge >= 0.3 is 0 Å². The quantitative estimate of drug-likeness (QED) is 0.262. The second kappa shape index (κ2) is 10.2. The Hall–Kier alpha value is -4.33. The van der Waals surface area contributed by atoms with Crippen LogP contribution in [-0.4, -0.2) is 37.7 Å². The Balaban J connectivity index is 1.40. The van der Waals surface area contributed by atoms with E-state index in [1.54, 1.807) is 18.3 Å². The van der Waals surface area contributed by atoms with Crippen LogP contribution in [0.4, 0.5) is 10.3 Å². The van der Waals surface area contributed by atoms with Gasteiger partial charge in [-0.15, -0.1) is 0 Å². The van der Waals surface area contributed by atoms with Crippen molar-refractivity contribution in [1.82, 2.24) is 24.5 Å². The zero-order valence-corrected chi connectivity index (χ0v) is 21.5. The number of hydrogen-bond acceptors (Lipinski definition) is 6. The number of para-hydroxylation sites is 1. The molecule has 3 aromatic heterocycles. The minimum absolute atomic E-state index is 0.0657. The summed E-state index contributed by atoms with van der Waals surface area (Å²) in [6, 6.07) is 18.5. The highest BCUT2D eigenvalue weighted by atomic mass is 19.1. The average Bonchev–Trinajstić information content (AvgIpc) is 3.50. The third-order valence-electron chi connectivity index (χ3n) is 6.84. The molecule has 1 atom stereocenters. The molecule has 8 heteroatoms. The van der Waals surface area contributed by atoms with E-state index in [1.807, 2.05) is 43.3 Å². The number of nitrogens with zero attached hydrogens (tertiary/aromatic N) is 5. The number of hydrogen-bond donors (Lipinski definition) is 1. The van der Waals surface area contributed by atoms with E-state index in [4.69, 9.17) is 14.7 Å². The van der Waals surface area contributed by atoms with Gasteiger partial charge in [0.25, 0.3) is 0 Å². The predicted molar refractivity (Wildman–Crippen MR) is 147 cm³/mol. The first-order chi connectivity index (χ1) is 18.6. The third-order valence-corrected chi connectivity index (χ3v) is 6.84. The number of nitrogens with one attached hydrogen (secondary N) is 1. The fourth-order valence-electron chi connectivity index (χ4n) is 5.07. The highest BCUT2D eigenvalue weighted by Crippen LogP contribution is 2.40. The molecule has 1 aliphatic heterocycles. The summed E-state index contributed by atoms with van der Waals surface area (Å²) in [5, 5.41) is 4.28. The standard InChI is InChI=1S/C30H29FN6O/c1-3-15-32-30-33-16-14-25(35-30)29-28(20-8-10-21(31)11-9-20)36-27-13-12-22(37(27)29)18-38-26-17-19(2)34-24-7-5-4-6-23(24)26/h4-11,14,16-17,22H,3,12-13,15,18H2,1-2H3,(H,32,33,35). The van der Waals surface area contributed by atoms with E-state index in [-0.39, 0.29) is 11.9 Å². The van der Waals surface area contributed by atoms with Gasteiger partial charge in [0.1, 0.15) is 24.0 Å². The summed E-state index contributed by atoms with van der Waals surface area (Å²) in [5.41, 5.74) is 5.14. The maximum absolute atomic E-state index is 13.7. The molecule has 5 aromatic rings. The molecule has 7 nitrogen and oxygen atoms in total. The van der Waals surface area contributed by atoms with Crippen molar-refractivity contribution >= 4 is 16.9 Å². The van der Waals surface area contributed by atoms with Gasteiger partial charge in [-0.05, 0) is 62.2 Å². The lowest BCUT2D eigenvalue weighted by atomic mass is 10.1. The Morgan fingerprint density at radius 2 is 1.89 bits per heavy atom. The number of pyridine rings is 1. The minimum atomic E-state index is -0.277. The number of rotatable bonds is 8. The van der Waals surface area contributed by atoms with Gasteiger partial charge in [-0.1, -0.05) is 19.1 Å². The Morgan fingerprint density at radius 3 is 2.74 bits per heavy atom. The second-order valence-electron chi connectivity index (χ2n) is 9.58. The van der Waals surface area contributed by atoms with Crippen molar-refractivity contribution in [2.75, 3.05) is 18.5 Å². The Labute approximate surface area is 220 Å². The second-order valence-corrected chi connectivity index (χ2v) is 9.58. The van der Waals surface area contributed by atoms with Crippen LogP contribution in [0.2, 0.25) is 0 Å². The normalized spacial score (nSPS) is 14.6. The van der Waals surface area contributed by atoms with Crippen LogP contribution >= 0.6 is 0 Å². The zero-order chi connectivity index (χ0) is 26.1. The maximum atomic E-state index is 13.7. The summed E-state index contributed by atoms with van der Waals surface area (Å²) >= 11 is 0. The van der Waals surface area contributed by atoms with Crippen LogP contribution in [0.25, 0.3) is 33.5 Å². The van der Waals surface area contributed by atoms with Crippen molar-refractivity contribution in [3.8, 4) is 28.4 Å². The van der Waals surface area contributed by atoms with Gasteiger partial charge in [0, 0.05) is 41.9 Å². The van der Waals surface area contributed by atoms with Crippen LogP contribution in [0.15, 0.2) is 66.9 Å². The lowest BCUT2D eigenvalue weighted by Gasteiger charge is -2.19. The van der Waals surface area contributed by atoms with Crippen molar-refractivity contribution in [2.24, 2.45) is 0 Å². The zero-order valence-electron chi connectivity index (χ0n) is 21.5. The number of aryl methyl sites for hydroxylation is 2. The molecular formula is C30H29FN6O. The van der Waals surface area contributed by atoms with Crippen LogP contribution in [0.5, 0.6) is 5.75 Å². The van der Waals surface area contributed by atoms with Crippen molar-refractivity contribution in [2.45, 2.75) is 39.2 Å². The van der Waals surface area contributed by atoms with Crippen LogP contribution in [0, 0.1) is 12.7 Å². The number of aromatic nitrogens is 5. The number of fused-ring (bicyclic) bond motifs is 2. The lowest BCUT2D eigenvalue weighted by molar-refractivity contribution is 0.258. The van der Waals surface area contributed by atoms with Crippen molar-refractivity contribution in [1.29, 1.82) is 0 Å². The topological polar surface area (TPSA) is 77.8 Å². The molecule has 0 saturated heterocycles. The largest absolute Gasteiger partial charge is 0.491 e. The molecule has 6 rings (SSSR count). The fraction of sp³-hybridized carbons (Fsp3) is 0.267. The Morgan fingerprint density at radius 1 is 1.05 bits per heavy atom. The molecule has 0 radical (unpaired) electrons. The lowest BCUT2D eigenvalue weighted by Crippen LogP contribution is -2.15. The summed E-state index contributed by atoms with van der Waals surface area (Å²) in [6.45, 7) is 5.36. The monoisotopic (exact) mass is 508 g/mol. The van der Waals surface area contributed by atoms with E-state index in [9.17, 15) is 4.39 Å². The fourth-order valence-corrected chi connectivity index (χ4v) is 5.07. The Bertz CT molecular complexity index is 1600. The van der Waals surface area contributed by atoms with E-state index in [0.29, 0.717) is 12.6 Å². The Kier molecular flexibility index (Phi) is 6.45. The van der Waals surface area contributed by atoms with E-state index >= 15 is 0 Å². The van der Waals surface area contributed by atoms with Gasteiger partial charge in [-0.3, -0.25) is 4.98 Å². The SMILES string of the molecule is CCCNc1nccc(-c2c(-c3ccc(F)cc3)nc3n2C(COc2cc(C)nc4ccccc24)CC3)n1. The average molecular weight is 509 g/mol. The predicted octanol–water partition coefficient (Wildman–Crippen LogP) is 6.39. The highest BCUT2D eigenvalue weighted by Gasteiger charge is 2.31. The molecule has 4 heterocycles. The van der Waals surface area contributed by atoms with E-state index in [1.165, 1.54) is 12.1 Å². The molecule has 2 aromatic carbocycles. The van der Waals surface area contributed by atoms with Crippen molar-refractivity contribution in [3.05, 3.63) is 84.2 Å². The van der Waals surface area contributed by atoms with Crippen molar-refractivity contribution < 1.29 is 9.13 Å². The van der Waals surface area contributed by atoms with Crippen LogP contribution in [0.3, 0.4) is 0 Å². The first-order valence-corrected chi connectivity index (χ1v) is 13.0. The molecule has 0 spiro atoms. The van der Waals surface area contributed by atoms with E-state index in [2.05, 4.69) is 26.8 Å². The molecule has 38 heavy (non-hydrogen) atoms. The van der Waals surface area contributed by atoms with Gasteiger partial charge in [0.15, 0.2) is 0 Å². The van der Waals surface area contributed by atoms with Gasteiger partial charge in [0.05, 0.1) is 28.6 Å². The molecule has 1 unspecified atom stereocenters. The van der Waals surface area contributed by atoms with Gasteiger partial charge < -0.3 is 14.6 Å². The number of anilines is 1. The number of ether oxygens (including phenoxy) is 1. The highest BCUT2D eigenvalue weighted by molar-refractivity contribution is 5.85. The third kappa shape index (κ3) is 4.58. The summed E-state index contributed by atoms with van der Waals surface area (Å²) in [4.78, 5) is 18.9. The van der Waals surface area contributed by atoms with Crippen LogP contribution < -0.4 is 10.1 Å². The number of halogens is 1. The van der Waals surface area contributed by atoms with E-state index in [0.717, 1.165) is 76.6 Å². The number of imidazole rings is 1. The molecule has 192 valence electrons. The molecular weight excluding hydrogens is 479 g/mol. The maximum Gasteiger partial charge on any atom is 0.223 e. The smallest absolute Gasteiger partial charge is 0.223 e. The van der Waals surface area contributed by atoms with E-state index < -0.39 is 0 Å². The number of benzene rings is 2. The van der Waals surface area contributed by atoms with Gasteiger partial charge in [-0.2, -0.15) is 0 Å². The van der Waals surface area contributed by atoms with Crippen LogP contribution in [0.1, 0.15) is 37.3 Å². The van der Waals surface area contributed by atoms with Crippen molar-refractivity contribution in [3.63, 3.8) is 0 Å².